The molecule has 1 N–H and O–H groups in total. The predicted molar refractivity (Wildman–Crippen MR) is 97.7 cm³/mol. The number of hydrogen-bond donors (Lipinski definition) is 1. The first kappa shape index (κ1) is 17.7. The number of hydrogen-bond acceptors (Lipinski definition) is 4. The van der Waals surface area contributed by atoms with Crippen LogP contribution in [0.2, 0.25) is 0 Å². The molecule has 1 aliphatic heterocycles. The Kier molecular flexibility index (Phi) is 5.89. The second-order valence-corrected chi connectivity index (χ2v) is 7.20. The van der Waals surface area contributed by atoms with Crippen molar-refractivity contribution in [1.29, 1.82) is 0 Å². The molecule has 1 saturated heterocycles. The van der Waals surface area contributed by atoms with E-state index in [2.05, 4.69) is 5.32 Å². The number of amides is 1. The van der Waals surface area contributed by atoms with E-state index in [0.717, 1.165) is 25.7 Å². The highest BCUT2D eigenvalue weighted by atomic mass is 16.6. The highest BCUT2D eigenvalue weighted by Gasteiger charge is 2.29. The van der Waals surface area contributed by atoms with Crippen molar-refractivity contribution in [2.75, 3.05) is 18.0 Å². The molecular weight excluding hydrogens is 318 g/mol. The van der Waals surface area contributed by atoms with E-state index in [1.54, 1.807) is 18.2 Å². The normalized spacial score (nSPS) is 20.1. The minimum atomic E-state index is -0.333. The summed E-state index contributed by atoms with van der Waals surface area (Å²) in [4.78, 5) is 25.5. The first-order chi connectivity index (χ1) is 12.1. The minimum absolute atomic E-state index is 0.0299. The molecule has 1 aliphatic carbocycles. The Morgan fingerprint density at radius 3 is 2.32 bits per heavy atom. The molecule has 136 valence electrons. The zero-order valence-electron chi connectivity index (χ0n) is 14.7. The first-order valence-electron chi connectivity index (χ1n) is 9.44. The highest BCUT2D eigenvalue weighted by molar-refractivity contribution is 5.79. The number of nitrogens with zero attached hydrogens (tertiary/aromatic N) is 2. The summed E-state index contributed by atoms with van der Waals surface area (Å²) in [6.07, 6.45) is 8.68. The van der Waals surface area contributed by atoms with Crippen molar-refractivity contribution in [2.24, 2.45) is 5.92 Å². The van der Waals surface area contributed by atoms with Crippen molar-refractivity contribution in [3.8, 4) is 0 Å². The molecule has 1 amide bonds. The molecule has 1 aromatic rings. The van der Waals surface area contributed by atoms with Crippen molar-refractivity contribution >= 4 is 17.3 Å². The van der Waals surface area contributed by atoms with Crippen LogP contribution in [0.4, 0.5) is 11.4 Å². The van der Waals surface area contributed by atoms with Gasteiger partial charge in [-0.1, -0.05) is 37.8 Å². The molecule has 6 nitrogen and oxygen atoms in total. The molecule has 2 fully saturated rings. The van der Waals surface area contributed by atoms with Gasteiger partial charge in [-0.3, -0.25) is 14.9 Å². The summed E-state index contributed by atoms with van der Waals surface area (Å²) < 4.78 is 0. The fraction of sp³-hybridized carbons (Fsp3) is 0.632. The van der Waals surface area contributed by atoms with Crippen molar-refractivity contribution in [3.05, 3.63) is 34.4 Å². The van der Waals surface area contributed by atoms with Gasteiger partial charge in [-0.15, -0.1) is 0 Å². The summed E-state index contributed by atoms with van der Waals surface area (Å²) in [5.74, 6) is 0.205. The molecule has 2 aliphatic rings. The standard InChI is InChI=1S/C19H27N3O3/c23-19(20-16-7-3-1-2-4-8-16)15-11-13-21(14-12-15)17-9-5-6-10-18(17)22(24)25/h5-6,9-10,15-16H,1-4,7-8,11-14H2,(H,20,23). The Balaban J connectivity index is 1.55. The molecule has 1 aromatic carbocycles. The van der Waals surface area contributed by atoms with Crippen molar-refractivity contribution in [2.45, 2.75) is 57.4 Å². The minimum Gasteiger partial charge on any atom is -0.366 e. The maximum atomic E-state index is 12.6. The third-order valence-corrected chi connectivity index (χ3v) is 5.49. The van der Waals surface area contributed by atoms with Crippen LogP contribution >= 0.6 is 0 Å². The van der Waals surface area contributed by atoms with Crippen LogP contribution < -0.4 is 10.2 Å². The van der Waals surface area contributed by atoms with E-state index in [1.807, 2.05) is 11.0 Å². The van der Waals surface area contributed by atoms with Crippen LogP contribution in [0.5, 0.6) is 0 Å². The molecule has 0 atom stereocenters. The SMILES string of the molecule is O=C(NC1CCCCCC1)C1CCN(c2ccccc2[N+](=O)[O-])CC1. The third-order valence-electron chi connectivity index (χ3n) is 5.49. The number of nitro benzene ring substituents is 1. The molecular formula is C19H27N3O3. The van der Waals surface area contributed by atoms with Crippen LogP contribution in [0, 0.1) is 16.0 Å². The summed E-state index contributed by atoms with van der Waals surface area (Å²) in [5.41, 5.74) is 0.805. The molecule has 0 unspecified atom stereocenters. The summed E-state index contributed by atoms with van der Waals surface area (Å²) in [7, 11) is 0. The Labute approximate surface area is 148 Å². The Bertz CT molecular complexity index is 604. The molecule has 6 heteroatoms. The van der Waals surface area contributed by atoms with E-state index in [4.69, 9.17) is 0 Å². The van der Waals surface area contributed by atoms with Gasteiger partial charge in [0.2, 0.25) is 5.91 Å². The lowest BCUT2D eigenvalue weighted by molar-refractivity contribution is -0.384. The first-order valence-corrected chi connectivity index (χ1v) is 9.44. The largest absolute Gasteiger partial charge is 0.366 e. The van der Waals surface area contributed by atoms with E-state index in [1.165, 1.54) is 25.7 Å². The number of nitrogens with one attached hydrogen (secondary N) is 1. The van der Waals surface area contributed by atoms with Gasteiger partial charge in [-0.2, -0.15) is 0 Å². The molecule has 1 saturated carbocycles. The van der Waals surface area contributed by atoms with Gasteiger partial charge in [-0.25, -0.2) is 0 Å². The zero-order chi connectivity index (χ0) is 17.6. The second-order valence-electron chi connectivity index (χ2n) is 7.20. The van der Waals surface area contributed by atoms with E-state index in [9.17, 15) is 14.9 Å². The lowest BCUT2D eigenvalue weighted by atomic mass is 9.94. The number of carbonyl (C=O) groups excluding carboxylic acids is 1. The molecule has 0 aromatic heterocycles. The monoisotopic (exact) mass is 345 g/mol. The average Bonchev–Trinajstić information content (AvgIpc) is 2.90. The maximum absolute atomic E-state index is 12.6. The lowest BCUT2D eigenvalue weighted by Gasteiger charge is -2.33. The Morgan fingerprint density at radius 1 is 1.04 bits per heavy atom. The van der Waals surface area contributed by atoms with E-state index in [0.29, 0.717) is 24.8 Å². The number of para-hydroxylation sites is 2. The van der Waals surface area contributed by atoms with Gasteiger partial charge >= 0.3 is 0 Å². The fourth-order valence-electron chi connectivity index (χ4n) is 4.01. The van der Waals surface area contributed by atoms with Crippen molar-refractivity contribution in [3.63, 3.8) is 0 Å². The van der Waals surface area contributed by atoms with Crippen LogP contribution in [0.15, 0.2) is 24.3 Å². The van der Waals surface area contributed by atoms with Crippen LogP contribution in [-0.2, 0) is 4.79 Å². The van der Waals surface area contributed by atoms with Gasteiger partial charge in [-0.05, 0) is 31.7 Å². The van der Waals surface area contributed by atoms with Gasteiger partial charge in [0.25, 0.3) is 5.69 Å². The van der Waals surface area contributed by atoms with E-state index < -0.39 is 0 Å². The lowest BCUT2D eigenvalue weighted by Crippen LogP contribution is -2.44. The molecule has 0 radical (unpaired) electrons. The molecule has 3 rings (SSSR count). The molecule has 0 bridgehead atoms. The van der Waals surface area contributed by atoms with E-state index >= 15 is 0 Å². The molecule has 0 spiro atoms. The van der Waals surface area contributed by atoms with Gasteiger partial charge in [0, 0.05) is 31.1 Å². The topological polar surface area (TPSA) is 75.5 Å². The number of nitro groups is 1. The number of benzene rings is 1. The Morgan fingerprint density at radius 2 is 1.68 bits per heavy atom. The van der Waals surface area contributed by atoms with Crippen LogP contribution in [-0.4, -0.2) is 30.0 Å². The highest BCUT2D eigenvalue weighted by Crippen LogP contribution is 2.31. The Hall–Kier alpha value is -2.11. The fourth-order valence-corrected chi connectivity index (χ4v) is 4.01. The summed E-state index contributed by atoms with van der Waals surface area (Å²) in [6, 6.07) is 7.19. The number of piperidine rings is 1. The van der Waals surface area contributed by atoms with Gasteiger partial charge < -0.3 is 10.2 Å². The maximum Gasteiger partial charge on any atom is 0.292 e. The molecule has 25 heavy (non-hydrogen) atoms. The van der Waals surface area contributed by atoms with E-state index in [-0.39, 0.29) is 22.4 Å². The summed E-state index contributed by atoms with van der Waals surface area (Å²) in [6.45, 7) is 1.38. The van der Waals surface area contributed by atoms with Crippen LogP contribution in [0.1, 0.15) is 51.4 Å². The number of carbonyl (C=O) groups is 1. The summed E-state index contributed by atoms with van der Waals surface area (Å²) >= 11 is 0. The second kappa shape index (κ2) is 8.32. The average molecular weight is 345 g/mol. The van der Waals surface area contributed by atoms with Gasteiger partial charge in [0.05, 0.1) is 4.92 Å². The summed E-state index contributed by atoms with van der Waals surface area (Å²) in [5, 5.41) is 14.4. The molecule has 1 heterocycles. The van der Waals surface area contributed by atoms with Crippen LogP contribution in [0.25, 0.3) is 0 Å². The number of anilines is 1. The van der Waals surface area contributed by atoms with Gasteiger partial charge in [0.1, 0.15) is 5.69 Å². The number of rotatable bonds is 4. The smallest absolute Gasteiger partial charge is 0.292 e. The quantitative estimate of drug-likeness (QED) is 0.513. The predicted octanol–water partition coefficient (Wildman–Crippen LogP) is 3.65. The van der Waals surface area contributed by atoms with Crippen LogP contribution in [0.3, 0.4) is 0 Å². The zero-order valence-corrected chi connectivity index (χ0v) is 14.7. The third kappa shape index (κ3) is 4.50. The van der Waals surface area contributed by atoms with Crippen molar-refractivity contribution in [1.82, 2.24) is 5.32 Å². The van der Waals surface area contributed by atoms with Crippen molar-refractivity contribution < 1.29 is 9.72 Å². The van der Waals surface area contributed by atoms with Gasteiger partial charge in [0.15, 0.2) is 0 Å².